The van der Waals surface area contributed by atoms with Gasteiger partial charge in [0, 0.05) is 11.8 Å². The third-order valence-electron chi connectivity index (χ3n) is 6.66. The van der Waals surface area contributed by atoms with Crippen LogP contribution in [-0.2, 0) is 0 Å². The molecule has 5 rings (SSSR count). The molecule has 0 aliphatic rings. The number of aryl methyl sites for hydroxylation is 3. The highest BCUT2D eigenvalue weighted by atomic mass is 16.3. The summed E-state index contributed by atoms with van der Waals surface area (Å²) < 4.78 is 1.61. The highest BCUT2D eigenvalue weighted by Crippen LogP contribution is 2.36. The predicted molar refractivity (Wildman–Crippen MR) is 140 cm³/mol. The molecule has 0 atom stereocenters. The fourth-order valence-electron chi connectivity index (χ4n) is 4.11. The van der Waals surface area contributed by atoms with Crippen LogP contribution in [0.15, 0.2) is 60.8 Å². The van der Waals surface area contributed by atoms with E-state index in [1.807, 2.05) is 83.3 Å². The van der Waals surface area contributed by atoms with E-state index in [9.17, 15) is 10.2 Å². The van der Waals surface area contributed by atoms with E-state index in [4.69, 9.17) is 5.10 Å². The van der Waals surface area contributed by atoms with Gasteiger partial charge in [-0.2, -0.15) is 15.1 Å². The normalized spacial score (nSPS) is 11.1. The minimum Gasteiger partial charge on any atom is -0.507 e. The van der Waals surface area contributed by atoms with Gasteiger partial charge >= 0.3 is 0 Å². The van der Waals surface area contributed by atoms with Crippen molar-refractivity contribution in [3.63, 3.8) is 0 Å². The monoisotopic (exact) mass is 477 g/mol. The summed E-state index contributed by atoms with van der Waals surface area (Å²) in [4.78, 5) is 14.0. The molecule has 2 N–H and O–H groups in total. The highest BCUT2D eigenvalue weighted by Gasteiger charge is 2.20. The van der Waals surface area contributed by atoms with Gasteiger partial charge in [-0.1, -0.05) is 42.5 Å². The van der Waals surface area contributed by atoms with Crippen molar-refractivity contribution in [3.05, 3.63) is 88.6 Å². The first-order valence-electron chi connectivity index (χ1n) is 11.7. The molecule has 0 bridgehead atoms. The molecule has 180 valence electrons. The zero-order valence-electron chi connectivity index (χ0n) is 20.9. The molecular formula is C29H27N5O2. The van der Waals surface area contributed by atoms with Gasteiger partial charge in [0.1, 0.15) is 11.5 Å². The number of rotatable bonds is 4. The topological polar surface area (TPSA) is 97.0 Å². The molecule has 0 spiro atoms. The summed E-state index contributed by atoms with van der Waals surface area (Å²) in [5.74, 6) is 1.11. The first kappa shape index (κ1) is 23.2. The van der Waals surface area contributed by atoms with E-state index in [0.717, 1.165) is 39.1 Å². The average Bonchev–Trinajstić information content (AvgIpc) is 3.28. The lowest BCUT2D eigenvalue weighted by Gasteiger charge is -2.13. The van der Waals surface area contributed by atoms with Crippen LogP contribution in [0.2, 0.25) is 0 Å². The third kappa shape index (κ3) is 3.98. The van der Waals surface area contributed by atoms with E-state index < -0.39 is 0 Å². The molecular weight excluding hydrogens is 450 g/mol. The quantitative estimate of drug-likeness (QED) is 0.329. The Balaban J connectivity index is 1.74. The van der Waals surface area contributed by atoms with Crippen LogP contribution in [0.4, 0.5) is 0 Å². The molecule has 0 saturated carbocycles. The molecule has 2 aromatic heterocycles. The molecule has 0 fully saturated rings. The van der Waals surface area contributed by atoms with E-state index in [0.29, 0.717) is 22.8 Å². The lowest BCUT2D eigenvalue weighted by molar-refractivity contribution is 0.472. The van der Waals surface area contributed by atoms with E-state index >= 15 is 0 Å². The summed E-state index contributed by atoms with van der Waals surface area (Å²) in [6.07, 6.45) is 1.87. The second kappa shape index (κ2) is 8.92. The van der Waals surface area contributed by atoms with E-state index in [2.05, 4.69) is 15.0 Å². The zero-order chi connectivity index (χ0) is 25.6. The molecule has 0 saturated heterocycles. The maximum atomic E-state index is 10.9. The van der Waals surface area contributed by atoms with Crippen molar-refractivity contribution in [1.82, 2.24) is 24.7 Å². The van der Waals surface area contributed by atoms with E-state index in [1.54, 1.807) is 16.8 Å². The Morgan fingerprint density at radius 1 is 0.611 bits per heavy atom. The van der Waals surface area contributed by atoms with Gasteiger partial charge < -0.3 is 10.2 Å². The largest absolute Gasteiger partial charge is 0.507 e. The lowest BCUT2D eigenvalue weighted by atomic mass is 10.0. The van der Waals surface area contributed by atoms with Crippen molar-refractivity contribution in [2.24, 2.45) is 0 Å². The number of hydrogen-bond donors (Lipinski definition) is 2. The maximum absolute atomic E-state index is 10.9. The Morgan fingerprint density at radius 2 is 1.14 bits per heavy atom. The van der Waals surface area contributed by atoms with Crippen LogP contribution in [0.25, 0.3) is 40.0 Å². The minimum absolute atomic E-state index is 0.115. The molecule has 0 aliphatic heterocycles. The second-order valence-electron chi connectivity index (χ2n) is 9.06. The van der Waals surface area contributed by atoms with Gasteiger partial charge in [0.05, 0.1) is 16.8 Å². The SMILES string of the molecule is Cc1cn(-c2nc(-c3ccc(C)c(C)c3O)nc(-c3ccc(C)c(C)c3O)n2)nc1-c1ccccc1. The van der Waals surface area contributed by atoms with Crippen molar-refractivity contribution in [2.75, 3.05) is 0 Å². The third-order valence-corrected chi connectivity index (χ3v) is 6.66. The molecule has 2 heterocycles. The molecule has 3 aromatic carbocycles. The molecule has 7 nitrogen and oxygen atoms in total. The second-order valence-corrected chi connectivity index (χ2v) is 9.06. The van der Waals surface area contributed by atoms with Crippen LogP contribution < -0.4 is 0 Å². The van der Waals surface area contributed by atoms with Gasteiger partial charge in [-0.25, -0.2) is 9.67 Å². The summed E-state index contributed by atoms with van der Waals surface area (Å²) in [5.41, 5.74) is 7.19. The van der Waals surface area contributed by atoms with Crippen LogP contribution in [0, 0.1) is 34.6 Å². The molecule has 36 heavy (non-hydrogen) atoms. The number of nitrogens with zero attached hydrogens (tertiary/aromatic N) is 5. The van der Waals surface area contributed by atoms with Crippen molar-refractivity contribution in [3.8, 4) is 51.5 Å². The number of phenols is 2. The standard InChI is InChI=1S/C29H27N5O2/c1-16-11-13-22(25(35)19(16)4)27-30-28(23-14-12-17(2)20(5)26(23)36)32-29(31-27)34-15-18(3)24(33-34)21-9-7-6-8-10-21/h6-15,35-36H,1-5H3. The van der Waals surface area contributed by atoms with Crippen LogP contribution in [0.1, 0.15) is 27.8 Å². The molecule has 0 amide bonds. The highest BCUT2D eigenvalue weighted by molar-refractivity contribution is 5.72. The van der Waals surface area contributed by atoms with Crippen molar-refractivity contribution >= 4 is 0 Å². The van der Waals surface area contributed by atoms with E-state index in [1.165, 1.54) is 0 Å². The van der Waals surface area contributed by atoms with Crippen LogP contribution in [-0.4, -0.2) is 34.9 Å². The van der Waals surface area contributed by atoms with Crippen molar-refractivity contribution in [2.45, 2.75) is 34.6 Å². The number of benzene rings is 3. The van der Waals surface area contributed by atoms with Crippen molar-refractivity contribution in [1.29, 1.82) is 0 Å². The fourth-order valence-corrected chi connectivity index (χ4v) is 4.11. The average molecular weight is 478 g/mol. The Kier molecular flexibility index (Phi) is 5.76. The molecule has 0 radical (unpaired) electrons. The predicted octanol–water partition coefficient (Wildman–Crippen LogP) is 6.01. The van der Waals surface area contributed by atoms with Gasteiger partial charge in [-0.15, -0.1) is 0 Å². The minimum atomic E-state index is 0.115. The number of aromatic hydroxyl groups is 2. The van der Waals surface area contributed by atoms with Crippen LogP contribution in [0.5, 0.6) is 11.5 Å². The van der Waals surface area contributed by atoms with Gasteiger partial charge in [-0.3, -0.25) is 0 Å². The number of hydrogen-bond acceptors (Lipinski definition) is 6. The van der Waals surface area contributed by atoms with Crippen molar-refractivity contribution < 1.29 is 10.2 Å². The summed E-state index contributed by atoms with van der Waals surface area (Å²) in [7, 11) is 0. The molecule has 0 aliphatic carbocycles. The van der Waals surface area contributed by atoms with Gasteiger partial charge in [0.25, 0.3) is 5.95 Å². The summed E-state index contributed by atoms with van der Waals surface area (Å²) in [6.45, 7) is 9.57. The number of phenolic OH excluding ortho intramolecular Hbond substituents is 2. The Labute approximate surface area is 209 Å². The summed E-state index contributed by atoms with van der Waals surface area (Å²) >= 11 is 0. The Bertz CT molecular complexity index is 1530. The molecule has 5 aromatic rings. The number of aromatic nitrogens is 5. The smallest absolute Gasteiger partial charge is 0.254 e. The van der Waals surface area contributed by atoms with Gasteiger partial charge in [0.2, 0.25) is 0 Å². The molecule has 0 unspecified atom stereocenters. The Morgan fingerprint density at radius 3 is 1.67 bits per heavy atom. The zero-order valence-corrected chi connectivity index (χ0v) is 20.9. The Hall–Kier alpha value is -4.52. The van der Waals surface area contributed by atoms with Gasteiger partial charge in [-0.05, 0) is 74.6 Å². The van der Waals surface area contributed by atoms with E-state index in [-0.39, 0.29) is 17.4 Å². The van der Waals surface area contributed by atoms with Crippen LogP contribution >= 0.6 is 0 Å². The molecule has 7 heteroatoms. The maximum Gasteiger partial charge on any atom is 0.254 e. The first-order chi connectivity index (χ1) is 17.2. The first-order valence-corrected chi connectivity index (χ1v) is 11.7. The lowest BCUT2D eigenvalue weighted by Crippen LogP contribution is -2.07. The summed E-state index contributed by atoms with van der Waals surface area (Å²) in [6, 6.07) is 17.4. The fraction of sp³-hybridized carbons (Fsp3) is 0.172. The summed E-state index contributed by atoms with van der Waals surface area (Å²) in [5, 5.41) is 26.6. The van der Waals surface area contributed by atoms with Gasteiger partial charge in [0.15, 0.2) is 11.6 Å². The van der Waals surface area contributed by atoms with Crippen LogP contribution in [0.3, 0.4) is 0 Å².